The molecule has 1 amide bonds. The molecule has 1 heterocycles. The van der Waals surface area contributed by atoms with Crippen molar-refractivity contribution in [2.45, 2.75) is 19.0 Å². The van der Waals surface area contributed by atoms with Crippen LogP contribution in [0.4, 0.5) is 0 Å². The van der Waals surface area contributed by atoms with Crippen LogP contribution in [0.25, 0.3) is 0 Å². The summed E-state index contributed by atoms with van der Waals surface area (Å²) in [6.07, 6.45) is 0. The van der Waals surface area contributed by atoms with E-state index in [1.54, 1.807) is 0 Å². The van der Waals surface area contributed by atoms with E-state index in [0.29, 0.717) is 4.34 Å². The number of carbonyl (C=O) groups excluding carboxylic acids is 1. The third-order valence-corrected chi connectivity index (χ3v) is 4.23. The van der Waals surface area contributed by atoms with Crippen LogP contribution >= 0.6 is 22.9 Å². The number of rotatable bonds is 4. The molecule has 0 saturated carbocycles. The number of hydrogen-bond donors (Lipinski definition) is 2. The van der Waals surface area contributed by atoms with Crippen molar-refractivity contribution in [2.24, 2.45) is 5.73 Å². The molecule has 2 unspecified atom stereocenters. The molecule has 0 aliphatic rings. The fourth-order valence-corrected chi connectivity index (χ4v) is 2.81. The molecular weight excluding hydrogens is 280 g/mol. The van der Waals surface area contributed by atoms with E-state index in [0.717, 1.165) is 10.4 Å². The second kappa shape index (κ2) is 6.19. The molecule has 0 spiro atoms. The second-order valence-corrected chi connectivity index (χ2v) is 6.01. The molecule has 0 saturated heterocycles. The molecule has 0 aliphatic heterocycles. The van der Waals surface area contributed by atoms with Gasteiger partial charge in [-0.05, 0) is 24.6 Å². The highest BCUT2D eigenvalue weighted by molar-refractivity contribution is 7.16. The highest BCUT2D eigenvalue weighted by Gasteiger charge is 2.18. The third-order valence-electron chi connectivity index (χ3n) is 2.82. The van der Waals surface area contributed by atoms with Crippen molar-refractivity contribution >= 4 is 28.8 Å². The van der Waals surface area contributed by atoms with E-state index in [4.69, 9.17) is 17.3 Å². The van der Waals surface area contributed by atoms with Gasteiger partial charge in [-0.2, -0.15) is 0 Å². The van der Waals surface area contributed by atoms with Gasteiger partial charge in [0.15, 0.2) is 0 Å². The highest BCUT2D eigenvalue weighted by Crippen LogP contribution is 2.27. The van der Waals surface area contributed by atoms with Crippen LogP contribution in [0.5, 0.6) is 0 Å². The van der Waals surface area contributed by atoms with E-state index in [-0.39, 0.29) is 11.9 Å². The van der Waals surface area contributed by atoms with Gasteiger partial charge in [-0.15, -0.1) is 11.3 Å². The molecule has 3 N–H and O–H groups in total. The minimum absolute atomic E-state index is 0.0974. The number of amides is 1. The first-order chi connectivity index (χ1) is 9.08. The Balaban J connectivity index is 2.01. The van der Waals surface area contributed by atoms with Crippen LogP contribution in [-0.2, 0) is 4.79 Å². The summed E-state index contributed by atoms with van der Waals surface area (Å²) in [5.41, 5.74) is 6.74. The number of nitrogens with one attached hydrogen (secondary N) is 1. The summed E-state index contributed by atoms with van der Waals surface area (Å²) < 4.78 is 0.712. The molecule has 2 rings (SSSR count). The van der Waals surface area contributed by atoms with Crippen molar-refractivity contribution in [3.63, 3.8) is 0 Å². The van der Waals surface area contributed by atoms with Gasteiger partial charge in [-0.1, -0.05) is 41.9 Å². The first-order valence-corrected chi connectivity index (χ1v) is 7.13. The molecule has 100 valence electrons. The van der Waals surface area contributed by atoms with Gasteiger partial charge in [0.1, 0.15) is 6.04 Å². The number of thiophene rings is 1. The van der Waals surface area contributed by atoms with Crippen molar-refractivity contribution in [1.29, 1.82) is 0 Å². The summed E-state index contributed by atoms with van der Waals surface area (Å²) in [6.45, 7) is 1.91. The zero-order valence-corrected chi connectivity index (χ0v) is 12.0. The minimum Gasteiger partial charge on any atom is -0.347 e. The van der Waals surface area contributed by atoms with Gasteiger partial charge >= 0.3 is 0 Å². The molecule has 3 nitrogen and oxygen atoms in total. The van der Waals surface area contributed by atoms with Crippen molar-refractivity contribution in [2.75, 3.05) is 0 Å². The number of benzene rings is 1. The summed E-state index contributed by atoms with van der Waals surface area (Å²) in [6, 6.07) is 12.3. The second-order valence-electron chi connectivity index (χ2n) is 4.26. The molecular formula is C14H15ClN2OS. The minimum atomic E-state index is -0.654. The Bertz CT molecular complexity index is 556. The zero-order chi connectivity index (χ0) is 13.8. The first kappa shape index (κ1) is 14.1. The standard InChI is InChI=1S/C14H15ClN2OS/c1-9(11-7-8-12(15)19-11)17-14(18)13(16)10-5-3-2-4-6-10/h2-9,13H,16H2,1H3,(H,17,18). The Labute approximate surface area is 121 Å². The average molecular weight is 295 g/mol. The molecule has 2 aromatic rings. The summed E-state index contributed by atoms with van der Waals surface area (Å²) >= 11 is 7.34. The average Bonchev–Trinajstić information content (AvgIpc) is 2.85. The Hall–Kier alpha value is -1.36. The van der Waals surface area contributed by atoms with Gasteiger partial charge < -0.3 is 11.1 Å². The lowest BCUT2D eigenvalue weighted by Crippen LogP contribution is -2.35. The van der Waals surface area contributed by atoms with Crippen molar-refractivity contribution in [1.82, 2.24) is 5.32 Å². The smallest absolute Gasteiger partial charge is 0.242 e. The molecule has 1 aromatic carbocycles. The van der Waals surface area contributed by atoms with Crippen LogP contribution in [0.2, 0.25) is 4.34 Å². The Kier molecular flexibility index (Phi) is 4.58. The van der Waals surface area contributed by atoms with Gasteiger partial charge in [0.25, 0.3) is 0 Å². The topological polar surface area (TPSA) is 55.1 Å². The van der Waals surface area contributed by atoms with Crippen LogP contribution in [-0.4, -0.2) is 5.91 Å². The molecule has 2 atom stereocenters. The van der Waals surface area contributed by atoms with Crippen molar-refractivity contribution in [3.8, 4) is 0 Å². The van der Waals surface area contributed by atoms with Crippen LogP contribution in [0.15, 0.2) is 42.5 Å². The number of hydrogen-bond acceptors (Lipinski definition) is 3. The van der Waals surface area contributed by atoms with Gasteiger partial charge in [-0.3, -0.25) is 4.79 Å². The summed E-state index contributed by atoms with van der Waals surface area (Å²) in [5.74, 6) is -0.191. The largest absolute Gasteiger partial charge is 0.347 e. The third kappa shape index (κ3) is 3.56. The monoisotopic (exact) mass is 294 g/mol. The maximum absolute atomic E-state index is 12.1. The van der Waals surface area contributed by atoms with Crippen molar-refractivity contribution in [3.05, 3.63) is 57.2 Å². The Morgan fingerprint density at radius 3 is 2.53 bits per heavy atom. The number of nitrogens with two attached hydrogens (primary N) is 1. The molecule has 1 aromatic heterocycles. The van der Waals surface area contributed by atoms with E-state index in [1.807, 2.05) is 49.4 Å². The van der Waals surface area contributed by atoms with E-state index in [1.165, 1.54) is 11.3 Å². The highest BCUT2D eigenvalue weighted by atomic mass is 35.5. The summed E-state index contributed by atoms with van der Waals surface area (Å²) in [4.78, 5) is 13.1. The molecule has 0 bridgehead atoms. The van der Waals surface area contributed by atoms with E-state index in [9.17, 15) is 4.79 Å². The number of carbonyl (C=O) groups is 1. The van der Waals surface area contributed by atoms with Crippen LogP contribution in [0.3, 0.4) is 0 Å². The lowest BCUT2D eigenvalue weighted by atomic mass is 10.1. The maximum Gasteiger partial charge on any atom is 0.242 e. The molecule has 0 aliphatic carbocycles. The van der Waals surface area contributed by atoms with E-state index < -0.39 is 6.04 Å². The maximum atomic E-state index is 12.1. The van der Waals surface area contributed by atoms with Gasteiger partial charge in [0.05, 0.1) is 10.4 Å². The lowest BCUT2D eigenvalue weighted by Gasteiger charge is -2.16. The van der Waals surface area contributed by atoms with Gasteiger partial charge in [-0.25, -0.2) is 0 Å². The van der Waals surface area contributed by atoms with Crippen LogP contribution in [0, 0.1) is 0 Å². The quantitative estimate of drug-likeness (QED) is 0.909. The van der Waals surface area contributed by atoms with E-state index in [2.05, 4.69) is 5.32 Å². The first-order valence-electron chi connectivity index (χ1n) is 5.94. The fraction of sp³-hybridized carbons (Fsp3) is 0.214. The van der Waals surface area contributed by atoms with E-state index >= 15 is 0 Å². The summed E-state index contributed by atoms with van der Waals surface area (Å²) in [5, 5.41) is 2.90. The normalized spacial score (nSPS) is 13.8. The molecule has 0 radical (unpaired) electrons. The predicted octanol–water partition coefficient (Wildman–Crippen LogP) is 3.28. The Morgan fingerprint density at radius 2 is 1.95 bits per heavy atom. The predicted molar refractivity (Wildman–Crippen MR) is 79.3 cm³/mol. The van der Waals surface area contributed by atoms with Crippen LogP contribution in [0.1, 0.15) is 29.4 Å². The van der Waals surface area contributed by atoms with Crippen molar-refractivity contribution < 1.29 is 4.79 Å². The van der Waals surface area contributed by atoms with Gasteiger partial charge in [0, 0.05) is 4.88 Å². The zero-order valence-electron chi connectivity index (χ0n) is 10.5. The summed E-state index contributed by atoms with van der Waals surface area (Å²) in [7, 11) is 0. The molecule has 5 heteroatoms. The SMILES string of the molecule is CC(NC(=O)C(N)c1ccccc1)c1ccc(Cl)s1. The molecule has 0 fully saturated rings. The number of halogens is 1. The lowest BCUT2D eigenvalue weighted by molar-refractivity contribution is -0.123. The molecule has 19 heavy (non-hydrogen) atoms. The van der Waals surface area contributed by atoms with Crippen LogP contribution < -0.4 is 11.1 Å². The fourth-order valence-electron chi connectivity index (χ4n) is 1.75. The van der Waals surface area contributed by atoms with Gasteiger partial charge in [0.2, 0.25) is 5.91 Å². The Morgan fingerprint density at radius 1 is 1.26 bits per heavy atom.